The number of benzene rings is 1. The van der Waals surface area contributed by atoms with Crippen LogP contribution < -0.4 is 0 Å². The van der Waals surface area contributed by atoms with Crippen molar-refractivity contribution in [1.82, 2.24) is 0 Å². The Balaban J connectivity index is 2.27. The highest BCUT2D eigenvalue weighted by Gasteiger charge is 1.99. The number of nitrogens with zero attached hydrogens (tertiary/aromatic N) is 1. The van der Waals surface area contributed by atoms with Crippen molar-refractivity contribution in [1.29, 1.82) is 0 Å². The van der Waals surface area contributed by atoms with Gasteiger partial charge in [-0.15, -0.1) is 16.5 Å². The van der Waals surface area contributed by atoms with E-state index in [9.17, 15) is 0 Å². The first-order chi connectivity index (χ1) is 7.40. The minimum absolute atomic E-state index is 0.662. The van der Waals surface area contributed by atoms with Gasteiger partial charge in [0, 0.05) is 17.5 Å². The second-order valence-corrected chi connectivity index (χ2v) is 4.13. The summed E-state index contributed by atoms with van der Waals surface area (Å²) < 4.78 is 0. The van der Waals surface area contributed by atoms with E-state index in [1.165, 1.54) is 16.7 Å². The molecule has 0 aliphatic rings. The van der Waals surface area contributed by atoms with Crippen LogP contribution in [0.3, 0.4) is 0 Å². The maximum absolute atomic E-state index is 8.35. The molecule has 0 aliphatic heterocycles. The number of oxime groups is 1. The van der Waals surface area contributed by atoms with Gasteiger partial charge in [0.25, 0.3) is 0 Å². The first kappa shape index (κ1) is 9.93. The average Bonchev–Trinajstić information content (AvgIpc) is 2.80. The Hall–Kier alpha value is -1.61. The van der Waals surface area contributed by atoms with E-state index >= 15 is 0 Å². The summed E-state index contributed by atoms with van der Waals surface area (Å²) in [5, 5.41) is 13.4. The Morgan fingerprint density at radius 3 is 2.93 bits per heavy atom. The van der Waals surface area contributed by atoms with E-state index in [1.807, 2.05) is 18.2 Å². The molecule has 0 saturated heterocycles. The molecular weight excluding hydrogens is 206 g/mol. The highest BCUT2D eigenvalue weighted by Crippen LogP contribution is 2.25. The Kier molecular flexibility index (Phi) is 3.15. The lowest BCUT2D eigenvalue weighted by Gasteiger charge is -2.00. The van der Waals surface area contributed by atoms with Crippen molar-refractivity contribution in [3.05, 3.63) is 47.3 Å². The summed E-state index contributed by atoms with van der Waals surface area (Å²) in [6.07, 6.45) is 2.16. The molecule has 0 saturated carbocycles. The molecule has 1 aromatic heterocycles. The van der Waals surface area contributed by atoms with Crippen LogP contribution in [0.25, 0.3) is 10.4 Å². The fourth-order valence-corrected chi connectivity index (χ4v) is 2.16. The number of hydrogen-bond acceptors (Lipinski definition) is 3. The molecule has 1 N–H and O–H groups in total. The van der Waals surface area contributed by atoms with Crippen LogP contribution in [0, 0.1) is 0 Å². The van der Waals surface area contributed by atoms with Crippen molar-refractivity contribution in [2.45, 2.75) is 6.42 Å². The molecule has 1 heterocycles. The third-order valence-electron chi connectivity index (χ3n) is 2.14. The van der Waals surface area contributed by atoms with Gasteiger partial charge in [-0.2, -0.15) is 0 Å². The monoisotopic (exact) mass is 217 g/mol. The summed E-state index contributed by atoms with van der Waals surface area (Å²) in [5.41, 5.74) is 2.37. The van der Waals surface area contributed by atoms with E-state index in [2.05, 4.69) is 28.7 Å². The summed E-state index contributed by atoms with van der Waals surface area (Å²) in [4.78, 5) is 1.26. The first-order valence-electron chi connectivity index (χ1n) is 4.69. The van der Waals surface area contributed by atoms with Crippen LogP contribution in [0.4, 0.5) is 0 Å². The largest absolute Gasteiger partial charge is 0.411 e. The molecule has 0 bridgehead atoms. The van der Waals surface area contributed by atoms with Crippen molar-refractivity contribution in [3.8, 4) is 10.4 Å². The third kappa shape index (κ3) is 2.44. The molecule has 2 aromatic rings. The summed E-state index contributed by atoms with van der Waals surface area (Å²) in [6, 6.07) is 12.4. The molecule has 2 nitrogen and oxygen atoms in total. The molecular formula is C12H11NOS. The second kappa shape index (κ2) is 4.75. The third-order valence-corrected chi connectivity index (χ3v) is 3.06. The summed E-state index contributed by atoms with van der Waals surface area (Å²) >= 11 is 1.73. The van der Waals surface area contributed by atoms with E-state index in [-0.39, 0.29) is 0 Å². The lowest BCUT2D eigenvalue weighted by molar-refractivity contribution is 0.321. The van der Waals surface area contributed by atoms with E-state index in [0.717, 1.165) is 5.56 Å². The lowest BCUT2D eigenvalue weighted by Crippen LogP contribution is -1.86. The summed E-state index contributed by atoms with van der Waals surface area (Å²) in [7, 11) is 0. The summed E-state index contributed by atoms with van der Waals surface area (Å²) in [5.74, 6) is 0. The van der Waals surface area contributed by atoms with Crippen molar-refractivity contribution in [2.75, 3.05) is 0 Å². The van der Waals surface area contributed by atoms with Crippen molar-refractivity contribution < 1.29 is 5.21 Å². The maximum Gasteiger partial charge on any atom is 0.0479 e. The molecule has 0 unspecified atom stereocenters. The van der Waals surface area contributed by atoms with Gasteiger partial charge < -0.3 is 5.21 Å². The smallest absolute Gasteiger partial charge is 0.0479 e. The summed E-state index contributed by atoms with van der Waals surface area (Å²) in [6.45, 7) is 0. The molecule has 15 heavy (non-hydrogen) atoms. The predicted molar refractivity (Wildman–Crippen MR) is 63.7 cm³/mol. The van der Waals surface area contributed by atoms with Gasteiger partial charge in [-0.05, 0) is 28.6 Å². The van der Waals surface area contributed by atoms with Crippen LogP contribution in [-0.2, 0) is 6.42 Å². The second-order valence-electron chi connectivity index (χ2n) is 3.18. The van der Waals surface area contributed by atoms with E-state index in [1.54, 1.807) is 11.3 Å². The minimum Gasteiger partial charge on any atom is -0.411 e. The SMILES string of the molecule is ON=CCc1cccc(-c2cccs2)c1. The number of hydrogen-bond donors (Lipinski definition) is 1. The Bertz CT molecular complexity index is 448. The standard InChI is InChI=1S/C12H11NOS/c14-13-7-6-10-3-1-4-11(9-10)12-5-2-8-15-12/h1-5,7-9,14H,6H2. The van der Waals surface area contributed by atoms with Crippen LogP contribution in [0.2, 0.25) is 0 Å². The molecule has 0 fully saturated rings. The zero-order valence-corrected chi connectivity index (χ0v) is 8.95. The molecule has 0 amide bonds. The van der Waals surface area contributed by atoms with Gasteiger partial charge in [0.05, 0.1) is 0 Å². The van der Waals surface area contributed by atoms with Crippen molar-refractivity contribution in [2.24, 2.45) is 5.16 Å². The van der Waals surface area contributed by atoms with Crippen LogP contribution >= 0.6 is 11.3 Å². The molecule has 1 aromatic carbocycles. The quantitative estimate of drug-likeness (QED) is 0.477. The zero-order valence-electron chi connectivity index (χ0n) is 8.13. The highest BCUT2D eigenvalue weighted by molar-refractivity contribution is 7.13. The van der Waals surface area contributed by atoms with Crippen LogP contribution in [0.5, 0.6) is 0 Å². The van der Waals surface area contributed by atoms with Gasteiger partial charge in [-0.1, -0.05) is 24.3 Å². The van der Waals surface area contributed by atoms with Gasteiger partial charge in [-0.25, -0.2) is 0 Å². The van der Waals surface area contributed by atoms with Crippen LogP contribution in [-0.4, -0.2) is 11.4 Å². The maximum atomic E-state index is 8.35. The first-order valence-corrected chi connectivity index (χ1v) is 5.57. The van der Waals surface area contributed by atoms with Crippen LogP contribution in [0.15, 0.2) is 46.9 Å². The lowest BCUT2D eigenvalue weighted by atomic mass is 10.1. The Labute approximate surface area is 92.5 Å². The van der Waals surface area contributed by atoms with Gasteiger partial charge in [-0.3, -0.25) is 0 Å². The minimum atomic E-state index is 0.662. The van der Waals surface area contributed by atoms with Gasteiger partial charge in [0.15, 0.2) is 0 Å². The topological polar surface area (TPSA) is 32.6 Å². The fourth-order valence-electron chi connectivity index (χ4n) is 1.44. The highest BCUT2D eigenvalue weighted by atomic mass is 32.1. The van der Waals surface area contributed by atoms with Crippen molar-refractivity contribution >= 4 is 17.6 Å². The van der Waals surface area contributed by atoms with E-state index < -0.39 is 0 Å². The van der Waals surface area contributed by atoms with Crippen molar-refractivity contribution in [3.63, 3.8) is 0 Å². The average molecular weight is 217 g/mol. The Morgan fingerprint density at radius 1 is 1.27 bits per heavy atom. The molecule has 0 aliphatic carbocycles. The predicted octanol–water partition coefficient (Wildman–Crippen LogP) is 3.42. The Morgan fingerprint density at radius 2 is 2.20 bits per heavy atom. The van der Waals surface area contributed by atoms with Gasteiger partial charge in [0.1, 0.15) is 0 Å². The fraction of sp³-hybridized carbons (Fsp3) is 0.0833. The van der Waals surface area contributed by atoms with E-state index in [0.29, 0.717) is 6.42 Å². The van der Waals surface area contributed by atoms with E-state index in [4.69, 9.17) is 5.21 Å². The number of thiophene rings is 1. The zero-order chi connectivity index (χ0) is 10.5. The molecule has 76 valence electrons. The normalized spacial score (nSPS) is 10.9. The molecule has 0 spiro atoms. The number of rotatable bonds is 3. The molecule has 3 heteroatoms. The van der Waals surface area contributed by atoms with Gasteiger partial charge in [0.2, 0.25) is 0 Å². The van der Waals surface area contributed by atoms with Crippen LogP contribution in [0.1, 0.15) is 5.56 Å². The molecule has 0 atom stereocenters. The molecule has 2 rings (SSSR count). The molecule has 0 radical (unpaired) electrons. The van der Waals surface area contributed by atoms with Gasteiger partial charge >= 0.3 is 0 Å².